The number of amides is 2. The van der Waals surface area contributed by atoms with Crippen LogP contribution in [0, 0.1) is 0 Å². The van der Waals surface area contributed by atoms with E-state index < -0.39 is 35.9 Å². The van der Waals surface area contributed by atoms with Gasteiger partial charge in [-0.2, -0.15) is 12.6 Å². The van der Waals surface area contributed by atoms with Gasteiger partial charge in [0.1, 0.15) is 12.1 Å². The number of aliphatic carboxylic acids is 1. The number of unbranched alkanes of at least 4 members (excludes halogenated alkanes) is 1. The molecule has 0 spiro atoms. The van der Waals surface area contributed by atoms with Crippen molar-refractivity contribution >= 4 is 41.3 Å². The second kappa shape index (κ2) is 11.6. The van der Waals surface area contributed by atoms with Crippen LogP contribution in [0.5, 0.6) is 0 Å². The molecule has 2 aromatic rings. The number of carboxylic acids is 1. The van der Waals surface area contributed by atoms with Gasteiger partial charge in [0.15, 0.2) is 0 Å². The maximum absolute atomic E-state index is 12.8. The molecule has 1 heterocycles. The molecule has 10 heteroatoms. The van der Waals surface area contributed by atoms with E-state index in [4.69, 9.17) is 11.5 Å². The molecule has 30 heavy (non-hydrogen) atoms. The molecule has 8 N–H and O–H groups in total. The van der Waals surface area contributed by atoms with Crippen LogP contribution in [0.1, 0.15) is 24.8 Å². The number of thiol groups is 1. The number of hydrogen-bond acceptors (Lipinski definition) is 6. The Morgan fingerprint density at radius 1 is 1.10 bits per heavy atom. The molecule has 1 aromatic heterocycles. The highest BCUT2D eigenvalue weighted by atomic mass is 32.1. The Bertz CT molecular complexity index is 872. The molecule has 0 aliphatic rings. The monoisotopic (exact) mass is 435 g/mol. The SMILES string of the molecule is NCCCCC(N)C(=O)NC(Cc1c[nH]c2ccccc12)C(=O)NC(CS)C(=O)O. The van der Waals surface area contributed by atoms with Gasteiger partial charge in [-0.05, 0) is 31.0 Å². The highest BCUT2D eigenvalue weighted by Crippen LogP contribution is 2.19. The van der Waals surface area contributed by atoms with Crippen molar-refractivity contribution in [3.63, 3.8) is 0 Å². The van der Waals surface area contributed by atoms with Crippen LogP contribution in [0.4, 0.5) is 0 Å². The van der Waals surface area contributed by atoms with Crippen molar-refractivity contribution in [3.8, 4) is 0 Å². The van der Waals surface area contributed by atoms with Crippen molar-refractivity contribution in [2.45, 2.75) is 43.8 Å². The zero-order valence-electron chi connectivity index (χ0n) is 16.6. The number of carbonyl (C=O) groups is 3. The molecule has 0 saturated heterocycles. The highest BCUT2D eigenvalue weighted by molar-refractivity contribution is 7.80. The van der Waals surface area contributed by atoms with Crippen LogP contribution < -0.4 is 22.1 Å². The number of fused-ring (bicyclic) bond motifs is 1. The fourth-order valence-electron chi connectivity index (χ4n) is 3.11. The Morgan fingerprint density at radius 3 is 2.47 bits per heavy atom. The molecule has 0 aliphatic carbocycles. The van der Waals surface area contributed by atoms with Gasteiger partial charge in [0, 0.05) is 29.3 Å². The molecule has 0 bridgehead atoms. The summed E-state index contributed by atoms with van der Waals surface area (Å²) in [5.41, 5.74) is 13.1. The zero-order chi connectivity index (χ0) is 22.1. The first-order valence-corrected chi connectivity index (χ1v) is 10.5. The number of hydrogen-bond donors (Lipinski definition) is 7. The third-order valence-corrected chi connectivity index (χ3v) is 5.20. The summed E-state index contributed by atoms with van der Waals surface area (Å²) in [5, 5.41) is 15.2. The summed E-state index contributed by atoms with van der Waals surface area (Å²) in [6.07, 6.45) is 3.84. The maximum atomic E-state index is 12.8. The number of H-pyrrole nitrogens is 1. The zero-order valence-corrected chi connectivity index (χ0v) is 17.5. The minimum atomic E-state index is -1.20. The van der Waals surface area contributed by atoms with E-state index in [1.54, 1.807) is 6.20 Å². The average molecular weight is 436 g/mol. The number of nitrogens with one attached hydrogen (secondary N) is 3. The van der Waals surface area contributed by atoms with Gasteiger partial charge in [0.2, 0.25) is 11.8 Å². The van der Waals surface area contributed by atoms with Crippen molar-refractivity contribution < 1.29 is 19.5 Å². The van der Waals surface area contributed by atoms with Crippen LogP contribution in [0.15, 0.2) is 30.5 Å². The molecule has 3 unspecified atom stereocenters. The maximum Gasteiger partial charge on any atom is 0.327 e. The molecular weight excluding hydrogens is 406 g/mol. The Kier molecular flexibility index (Phi) is 9.15. The summed E-state index contributed by atoms with van der Waals surface area (Å²) in [6.45, 7) is 0.514. The van der Waals surface area contributed by atoms with Gasteiger partial charge >= 0.3 is 5.97 Å². The van der Waals surface area contributed by atoms with Crippen LogP contribution in [-0.2, 0) is 20.8 Å². The number of carboxylic acid groups (broad SMARTS) is 1. The first kappa shape index (κ1) is 23.7. The van der Waals surface area contributed by atoms with Crippen LogP contribution in [-0.4, -0.2) is 58.3 Å². The Morgan fingerprint density at radius 2 is 1.80 bits per heavy atom. The van der Waals surface area contributed by atoms with E-state index in [-0.39, 0.29) is 12.2 Å². The standard InChI is InChI=1S/C20H29N5O4S/c21-8-4-3-6-14(22)18(26)24-16(19(27)25-17(11-30)20(28)29)9-12-10-23-15-7-2-1-5-13(12)15/h1-2,5,7,10,14,16-17,23,30H,3-4,6,8-9,11,21-22H2,(H,24,26)(H,25,27)(H,28,29). The second-order valence-electron chi connectivity index (χ2n) is 7.10. The number of carbonyl (C=O) groups excluding carboxylic acids is 2. The first-order valence-electron chi connectivity index (χ1n) is 9.82. The smallest absolute Gasteiger partial charge is 0.327 e. The van der Waals surface area contributed by atoms with Crippen LogP contribution >= 0.6 is 12.6 Å². The van der Waals surface area contributed by atoms with Crippen molar-refractivity contribution in [3.05, 3.63) is 36.0 Å². The molecule has 2 rings (SSSR count). The molecule has 2 amide bonds. The topological polar surface area (TPSA) is 163 Å². The molecule has 0 radical (unpaired) electrons. The van der Waals surface area contributed by atoms with Crippen LogP contribution in [0.2, 0.25) is 0 Å². The van der Waals surface area contributed by atoms with E-state index in [2.05, 4.69) is 28.2 Å². The van der Waals surface area contributed by atoms with E-state index >= 15 is 0 Å². The molecule has 0 fully saturated rings. The summed E-state index contributed by atoms with van der Waals surface area (Å²) < 4.78 is 0. The summed E-state index contributed by atoms with van der Waals surface area (Å²) >= 11 is 3.97. The lowest BCUT2D eigenvalue weighted by Crippen LogP contribution is -2.55. The van der Waals surface area contributed by atoms with E-state index in [0.29, 0.717) is 19.4 Å². The number of aromatic nitrogens is 1. The third kappa shape index (κ3) is 6.48. The lowest BCUT2D eigenvalue weighted by atomic mass is 10.0. The second-order valence-corrected chi connectivity index (χ2v) is 7.46. The minimum Gasteiger partial charge on any atom is -0.480 e. The van der Waals surface area contributed by atoms with Crippen LogP contribution in [0.25, 0.3) is 10.9 Å². The van der Waals surface area contributed by atoms with E-state index in [9.17, 15) is 19.5 Å². The summed E-state index contributed by atoms with van der Waals surface area (Å²) in [4.78, 5) is 39.8. The lowest BCUT2D eigenvalue weighted by molar-refractivity contribution is -0.141. The molecule has 1 aromatic carbocycles. The average Bonchev–Trinajstić information content (AvgIpc) is 3.14. The van der Waals surface area contributed by atoms with Crippen molar-refractivity contribution in [2.75, 3.05) is 12.3 Å². The van der Waals surface area contributed by atoms with Gasteiger partial charge in [-0.25, -0.2) is 4.79 Å². The fraction of sp³-hybridized carbons (Fsp3) is 0.450. The normalized spacial score (nSPS) is 14.1. The molecule has 164 valence electrons. The number of nitrogens with two attached hydrogens (primary N) is 2. The van der Waals surface area contributed by atoms with Crippen molar-refractivity contribution in [2.24, 2.45) is 11.5 Å². The summed E-state index contributed by atoms with van der Waals surface area (Å²) in [6, 6.07) is 4.64. The largest absolute Gasteiger partial charge is 0.480 e. The van der Waals surface area contributed by atoms with Crippen molar-refractivity contribution in [1.82, 2.24) is 15.6 Å². The third-order valence-electron chi connectivity index (χ3n) is 4.84. The fourth-order valence-corrected chi connectivity index (χ4v) is 3.35. The van der Waals surface area contributed by atoms with E-state index in [1.165, 1.54) is 0 Å². The number of aromatic amines is 1. The van der Waals surface area contributed by atoms with Gasteiger partial charge < -0.3 is 32.2 Å². The van der Waals surface area contributed by atoms with Gasteiger partial charge in [-0.3, -0.25) is 9.59 Å². The Labute approximate surface area is 180 Å². The highest BCUT2D eigenvalue weighted by Gasteiger charge is 2.28. The molecule has 3 atom stereocenters. The Hall–Kier alpha value is -2.56. The minimum absolute atomic E-state index is 0.0760. The van der Waals surface area contributed by atoms with E-state index in [0.717, 1.165) is 22.9 Å². The van der Waals surface area contributed by atoms with Crippen molar-refractivity contribution in [1.29, 1.82) is 0 Å². The predicted octanol–water partition coefficient (Wildman–Crippen LogP) is 0.151. The molecule has 9 nitrogen and oxygen atoms in total. The summed E-state index contributed by atoms with van der Waals surface area (Å²) in [7, 11) is 0. The van der Waals surface area contributed by atoms with Crippen LogP contribution in [0.3, 0.4) is 0 Å². The number of benzene rings is 1. The van der Waals surface area contributed by atoms with Gasteiger partial charge in [-0.15, -0.1) is 0 Å². The van der Waals surface area contributed by atoms with E-state index in [1.807, 2.05) is 24.3 Å². The number of para-hydroxylation sites is 1. The predicted molar refractivity (Wildman–Crippen MR) is 118 cm³/mol. The summed E-state index contributed by atoms with van der Waals surface area (Å²) in [5.74, 6) is -2.35. The lowest BCUT2D eigenvalue weighted by Gasteiger charge is -2.22. The number of rotatable bonds is 12. The van der Waals surface area contributed by atoms with Gasteiger partial charge in [0.05, 0.1) is 6.04 Å². The molecule has 0 aliphatic heterocycles. The quantitative estimate of drug-likeness (QED) is 0.185. The first-order chi connectivity index (χ1) is 14.4. The van der Waals surface area contributed by atoms with Gasteiger partial charge in [-0.1, -0.05) is 24.6 Å². The molecular formula is C20H29N5O4S. The Balaban J connectivity index is 2.17. The van der Waals surface area contributed by atoms with Gasteiger partial charge in [0.25, 0.3) is 0 Å². The molecule has 0 saturated carbocycles.